The van der Waals surface area contributed by atoms with E-state index in [2.05, 4.69) is 10.5 Å². The van der Waals surface area contributed by atoms with Crippen LogP contribution in [0.25, 0.3) is 0 Å². The molecule has 1 aliphatic heterocycles. The molecule has 1 aromatic rings. The summed E-state index contributed by atoms with van der Waals surface area (Å²) in [6, 6.07) is 1.09. The minimum Gasteiger partial charge on any atom is -0.361 e. The van der Waals surface area contributed by atoms with Crippen LogP contribution in [0.5, 0.6) is 0 Å². The lowest BCUT2D eigenvalue weighted by molar-refractivity contribution is -0.134. The Labute approximate surface area is 111 Å². The molecule has 0 spiro atoms. The van der Waals surface area contributed by atoms with Gasteiger partial charge in [0.25, 0.3) is 5.91 Å². The number of hydrogen-bond acceptors (Lipinski definition) is 5. The van der Waals surface area contributed by atoms with E-state index in [-0.39, 0.29) is 17.5 Å². The van der Waals surface area contributed by atoms with E-state index < -0.39 is 6.04 Å². The summed E-state index contributed by atoms with van der Waals surface area (Å²) in [6.07, 6.45) is 0. The number of amides is 2. The number of likely N-dealkylation sites (N-methyl/N-ethyl adjacent to an activating group) is 1. The van der Waals surface area contributed by atoms with Gasteiger partial charge in [0.15, 0.2) is 5.69 Å². The van der Waals surface area contributed by atoms with Crippen LogP contribution in [-0.2, 0) is 4.79 Å². The van der Waals surface area contributed by atoms with Crippen LogP contribution >= 0.6 is 0 Å². The number of aromatic nitrogens is 1. The molecule has 0 radical (unpaired) electrons. The highest BCUT2D eigenvalue weighted by molar-refractivity contribution is 5.96. The second kappa shape index (κ2) is 5.40. The number of hydrogen-bond donors (Lipinski definition) is 1. The van der Waals surface area contributed by atoms with Crippen LogP contribution in [-0.4, -0.2) is 66.5 Å². The predicted octanol–water partition coefficient (Wildman–Crippen LogP) is -0.515. The molecule has 2 rings (SSSR count). The number of nitrogens with one attached hydrogen (secondary N) is 1. The Hall–Kier alpha value is -1.89. The van der Waals surface area contributed by atoms with Crippen molar-refractivity contribution in [2.45, 2.75) is 13.0 Å². The molecule has 0 aliphatic carbocycles. The van der Waals surface area contributed by atoms with Crippen molar-refractivity contribution in [2.24, 2.45) is 0 Å². The van der Waals surface area contributed by atoms with Crippen molar-refractivity contribution in [1.29, 1.82) is 0 Å². The van der Waals surface area contributed by atoms with Crippen molar-refractivity contribution in [1.82, 2.24) is 20.3 Å². The van der Waals surface area contributed by atoms with Gasteiger partial charge in [0.2, 0.25) is 5.91 Å². The first-order chi connectivity index (χ1) is 9.00. The fourth-order valence-corrected chi connectivity index (χ4v) is 2.08. The summed E-state index contributed by atoms with van der Waals surface area (Å²) in [5, 5.41) is 6.84. The van der Waals surface area contributed by atoms with E-state index in [0.29, 0.717) is 25.4 Å². The van der Waals surface area contributed by atoms with E-state index in [9.17, 15) is 9.59 Å². The number of aryl methyl sites for hydroxylation is 1. The molecule has 19 heavy (non-hydrogen) atoms. The first-order valence-corrected chi connectivity index (χ1v) is 6.17. The summed E-state index contributed by atoms with van der Waals surface area (Å²) in [5.74, 6) is 0.216. The van der Waals surface area contributed by atoms with Gasteiger partial charge in [0.1, 0.15) is 11.8 Å². The molecule has 1 aliphatic rings. The zero-order chi connectivity index (χ0) is 14.0. The summed E-state index contributed by atoms with van der Waals surface area (Å²) in [6.45, 7) is 3.33. The summed E-state index contributed by atoms with van der Waals surface area (Å²) in [5.41, 5.74) is 0.246. The molecular formula is C12H18N4O3. The van der Waals surface area contributed by atoms with Crippen LogP contribution in [0.4, 0.5) is 0 Å². The first kappa shape index (κ1) is 13.5. The highest BCUT2D eigenvalue weighted by Crippen LogP contribution is 2.12. The minimum atomic E-state index is -0.492. The molecule has 104 valence electrons. The fourth-order valence-electron chi connectivity index (χ4n) is 2.08. The molecule has 2 amide bonds. The Kier molecular flexibility index (Phi) is 3.84. The minimum absolute atomic E-state index is 0.0965. The molecule has 0 bridgehead atoms. The lowest BCUT2D eigenvalue weighted by Gasteiger charge is -2.35. The maximum absolute atomic E-state index is 12.4. The summed E-state index contributed by atoms with van der Waals surface area (Å²) in [4.78, 5) is 27.5. The molecule has 1 fully saturated rings. The molecular weight excluding hydrogens is 248 g/mol. The van der Waals surface area contributed by atoms with Crippen LogP contribution in [0, 0.1) is 6.92 Å². The number of carbonyl (C=O) groups is 2. The van der Waals surface area contributed by atoms with E-state index in [0.717, 1.165) is 0 Å². The number of nitrogens with zero attached hydrogens (tertiary/aromatic N) is 3. The highest BCUT2D eigenvalue weighted by Gasteiger charge is 2.34. The van der Waals surface area contributed by atoms with Gasteiger partial charge in [-0.15, -0.1) is 0 Å². The monoisotopic (exact) mass is 266 g/mol. The van der Waals surface area contributed by atoms with E-state index in [1.165, 1.54) is 4.90 Å². The lowest BCUT2D eigenvalue weighted by atomic mass is 10.1. The van der Waals surface area contributed by atoms with Gasteiger partial charge in [-0.2, -0.15) is 0 Å². The van der Waals surface area contributed by atoms with E-state index >= 15 is 0 Å². The predicted molar refractivity (Wildman–Crippen MR) is 67.6 cm³/mol. The average Bonchev–Trinajstić information content (AvgIpc) is 2.83. The third-order valence-corrected chi connectivity index (χ3v) is 3.08. The smallest absolute Gasteiger partial charge is 0.276 e. The quantitative estimate of drug-likeness (QED) is 0.779. The number of carbonyl (C=O) groups excluding carboxylic acids is 2. The van der Waals surface area contributed by atoms with E-state index in [1.54, 1.807) is 32.0 Å². The van der Waals surface area contributed by atoms with Crippen molar-refractivity contribution < 1.29 is 14.1 Å². The molecule has 2 heterocycles. The second-order valence-corrected chi connectivity index (χ2v) is 4.77. The number of piperazine rings is 1. The normalized spacial score (nSPS) is 19.3. The Morgan fingerprint density at radius 1 is 1.53 bits per heavy atom. The van der Waals surface area contributed by atoms with Crippen molar-refractivity contribution in [2.75, 3.05) is 33.7 Å². The van der Waals surface area contributed by atoms with Crippen LogP contribution < -0.4 is 5.32 Å². The Morgan fingerprint density at radius 3 is 2.84 bits per heavy atom. The molecule has 1 N–H and O–H groups in total. The van der Waals surface area contributed by atoms with Gasteiger partial charge in [-0.25, -0.2) is 0 Å². The lowest BCUT2D eigenvalue weighted by Crippen LogP contribution is -2.59. The van der Waals surface area contributed by atoms with Crippen LogP contribution in [0.3, 0.4) is 0 Å². The Balaban J connectivity index is 2.20. The molecule has 7 heteroatoms. The maximum Gasteiger partial charge on any atom is 0.276 e. The molecule has 1 saturated heterocycles. The molecule has 0 saturated carbocycles. The zero-order valence-corrected chi connectivity index (χ0v) is 11.3. The number of rotatable bonds is 2. The van der Waals surface area contributed by atoms with Crippen molar-refractivity contribution >= 4 is 11.8 Å². The Bertz CT molecular complexity index is 483. The van der Waals surface area contributed by atoms with Crippen LogP contribution in [0.2, 0.25) is 0 Å². The summed E-state index contributed by atoms with van der Waals surface area (Å²) < 4.78 is 4.91. The third-order valence-electron chi connectivity index (χ3n) is 3.08. The van der Waals surface area contributed by atoms with Crippen molar-refractivity contribution in [3.8, 4) is 0 Å². The molecule has 7 nitrogen and oxygen atoms in total. The SMILES string of the molecule is Cc1cc(C(=O)N2CCNCC2C(=O)N(C)C)no1. The highest BCUT2D eigenvalue weighted by atomic mass is 16.5. The molecule has 1 unspecified atom stereocenters. The fraction of sp³-hybridized carbons (Fsp3) is 0.583. The van der Waals surface area contributed by atoms with E-state index in [1.807, 2.05) is 0 Å². The third kappa shape index (κ3) is 2.76. The first-order valence-electron chi connectivity index (χ1n) is 6.17. The summed E-state index contributed by atoms with van der Waals surface area (Å²) >= 11 is 0. The van der Waals surface area contributed by atoms with Gasteiger partial charge < -0.3 is 19.6 Å². The molecule has 1 aromatic heterocycles. The van der Waals surface area contributed by atoms with Crippen molar-refractivity contribution in [3.05, 3.63) is 17.5 Å². The van der Waals surface area contributed by atoms with Gasteiger partial charge in [-0.05, 0) is 6.92 Å². The van der Waals surface area contributed by atoms with Gasteiger partial charge in [0, 0.05) is 39.8 Å². The van der Waals surface area contributed by atoms with Crippen LogP contribution in [0.1, 0.15) is 16.2 Å². The largest absolute Gasteiger partial charge is 0.361 e. The maximum atomic E-state index is 12.4. The Morgan fingerprint density at radius 2 is 2.26 bits per heavy atom. The van der Waals surface area contributed by atoms with Gasteiger partial charge in [-0.1, -0.05) is 5.16 Å². The van der Waals surface area contributed by atoms with Gasteiger partial charge in [0.05, 0.1) is 0 Å². The van der Waals surface area contributed by atoms with Crippen molar-refractivity contribution in [3.63, 3.8) is 0 Å². The van der Waals surface area contributed by atoms with Gasteiger partial charge in [-0.3, -0.25) is 9.59 Å². The molecule has 1 atom stereocenters. The molecule has 0 aromatic carbocycles. The van der Waals surface area contributed by atoms with E-state index in [4.69, 9.17) is 4.52 Å². The zero-order valence-electron chi connectivity index (χ0n) is 11.3. The van der Waals surface area contributed by atoms with Crippen LogP contribution in [0.15, 0.2) is 10.6 Å². The standard InChI is InChI=1S/C12H18N4O3/c1-8-6-9(14-19-8)11(17)16-5-4-13-7-10(16)12(18)15(2)3/h6,10,13H,4-5,7H2,1-3H3. The van der Waals surface area contributed by atoms with Gasteiger partial charge >= 0.3 is 0 Å². The average molecular weight is 266 g/mol. The summed E-state index contributed by atoms with van der Waals surface area (Å²) in [7, 11) is 3.36. The topological polar surface area (TPSA) is 78.7 Å². The second-order valence-electron chi connectivity index (χ2n) is 4.77.